The van der Waals surface area contributed by atoms with Crippen molar-refractivity contribution < 1.29 is 4.92 Å². The van der Waals surface area contributed by atoms with Gasteiger partial charge in [0.25, 0.3) is 6.04 Å². The molecule has 3 atom stereocenters. The van der Waals surface area contributed by atoms with Crippen molar-refractivity contribution in [2.75, 3.05) is 7.05 Å². The van der Waals surface area contributed by atoms with Crippen molar-refractivity contribution in [2.24, 2.45) is 0 Å². The third-order valence-corrected chi connectivity index (χ3v) is 4.64. The van der Waals surface area contributed by atoms with E-state index < -0.39 is 11.6 Å². The van der Waals surface area contributed by atoms with Gasteiger partial charge in [-0.05, 0) is 31.0 Å². The molecule has 116 valence electrons. The van der Waals surface area contributed by atoms with E-state index in [1.165, 1.54) is 0 Å². The first kappa shape index (κ1) is 16.2. The molecule has 0 saturated carbocycles. The maximum Gasteiger partial charge on any atom is 0.252 e. The highest BCUT2D eigenvalue weighted by Crippen LogP contribution is 2.37. The number of benzene rings is 1. The van der Waals surface area contributed by atoms with Crippen LogP contribution in [0, 0.1) is 10.1 Å². The Morgan fingerprint density at radius 1 is 1.43 bits per heavy atom. The topological polar surface area (TPSA) is 58.4 Å². The average Bonchev–Trinajstić information content (AvgIpc) is 2.69. The summed E-state index contributed by atoms with van der Waals surface area (Å²) in [4.78, 5) is 11.5. The lowest BCUT2D eigenvalue weighted by Crippen LogP contribution is -2.48. The smallest absolute Gasteiger partial charge is 0.252 e. The fraction of sp³-hybridized carbons (Fsp3) is 0.600. The highest BCUT2D eigenvalue weighted by Gasteiger charge is 2.56. The standard InChI is InChI=1S/C15H22ClN3O2/c1-4-5-6-13-14(19(20)21)15(2,17-18(13)3)11-7-9-12(16)10-8-11/h7-10,13-14,17H,4-6H2,1-3H3/t13-,14-,15-/m1/s1. The van der Waals surface area contributed by atoms with Crippen LogP contribution in [-0.4, -0.2) is 29.1 Å². The number of hydrogen-bond donors (Lipinski definition) is 1. The van der Waals surface area contributed by atoms with Crippen LogP contribution in [0.25, 0.3) is 0 Å². The molecule has 6 heteroatoms. The second kappa shape index (κ2) is 6.30. The van der Waals surface area contributed by atoms with Crippen LogP contribution >= 0.6 is 11.6 Å². The summed E-state index contributed by atoms with van der Waals surface area (Å²) in [5.74, 6) is 0. The SMILES string of the molecule is CCCC[C@@H]1[C@@H]([N+](=O)[O-])[C@@](C)(c2ccc(Cl)cc2)NN1C. The molecular weight excluding hydrogens is 290 g/mol. The zero-order valence-corrected chi connectivity index (χ0v) is 13.4. The van der Waals surface area contributed by atoms with Gasteiger partial charge in [0, 0.05) is 17.0 Å². The summed E-state index contributed by atoms with van der Waals surface area (Å²) in [6.45, 7) is 3.99. The lowest BCUT2D eigenvalue weighted by atomic mass is 9.82. The van der Waals surface area contributed by atoms with Crippen LogP contribution in [0.3, 0.4) is 0 Å². The Hall–Kier alpha value is -1.17. The van der Waals surface area contributed by atoms with E-state index in [0.717, 1.165) is 24.8 Å². The van der Waals surface area contributed by atoms with E-state index in [0.29, 0.717) is 5.02 Å². The lowest BCUT2D eigenvalue weighted by molar-refractivity contribution is -0.535. The molecule has 1 aliphatic rings. The van der Waals surface area contributed by atoms with Gasteiger partial charge in [-0.2, -0.15) is 0 Å². The van der Waals surface area contributed by atoms with E-state index in [-0.39, 0.29) is 11.0 Å². The van der Waals surface area contributed by atoms with E-state index in [9.17, 15) is 10.1 Å². The summed E-state index contributed by atoms with van der Waals surface area (Å²) in [5.41, 5.74) is 3.47. The first-order valence-electron chi connectivity index (χ1n) is 7.30. The molecule has 1 heterocycles. The zero-order chi connectivity index (χ0) is 15.6. The largest absolute Gasteiger partial charge is 0.264 e. The lowest BCUT2D eigenvalue weighted by Gasteiger charge is -2.27. The van der Waals surface area contributed by atoms with Crippen molar-refractivity contribution in [3.63, 3.8) is 0 Å². The van der Waals surface area contributed by atoms with Crippen LogP contribution in [0.2, 0.25) is 5.02 Å². The zero-order valence-electron chi connectivity index (χ0n) is 12.7. The summed E-state index contributed by atoms with van der Waals surface area (Å²) in [7, 11) is 1.89. The number of hydrogen-bond acceptors (Lipinski definition) is 4. The monoisotopic (exact) mass is 311 g/mol. The molecule has 5 nitrogen and oxygen atoms in total. The Morgan fingerprint density at radius 3 is 2.57 bits per heavy atom. The maximum absolute atomic E-state index is 11.7. The van der Waals surface area contributed by atoms with Crippen molar-refractivity contribution in [1.29, 1.82) is 0 Å². The molecule has 2 rings (SSSR count). The van der Waals surface area contributed by atoms with Gasteiger partial charge in [-0.3, -0.25) is 10.1 Å². The van der Waals surface area contributed by atoms with E-state index in [2.05, 4.69) is 12.3 Å². The van der Waals surface area contributed by atoms with Crippen molar-refractivity contribution in [3.8, 4) is 0 Å². The molecule has 0 amide bonds. The van der Waals surface area contributed by atoms with Crippen LogP contribution in [0.15, 0.2) is 24.3 Å². The molecule has 21 heavy (non-hydrogen) atoms. The summed E-state index contributed by atoms with van der Waals surface area (Å²) in [6.07, 6.45) is 2.83. The van der Waals surface area contributed by atoms with Gasteiger partial charge >= 0.3 is 0 Å². The van der Waals surface area contributed by atoms with Crippen LogP contribution < -0.4 is 5.43 Å². The highest BCUT2D eigenvalue weighted by molar-refractivity contribution is 6.30. The molecule has 1 aromatic carbocycles. The number of nitro groups is 1. The molecule has 0 aromatic heterocycles. The fourth-order valence-electron chi connectivity index (χ4n) is 3.26. The van der Waals surface area contributed by atoms with Crippen molar-refractivity contribution in [1.82, 2.24) is 10.4 Å². The van der Waals surface area contributed by atoms with Crippen molar-refractivity contribution in [3.05, 3.63) is 45.0 Å². The normalized spacial score (nSPS) is 29.7. The predicted molar refractivity (Wildman–Crippen MR) is 83.8 cm³/mol. The number of likely N-dealkylation sites (N-methyl/N-ethyl adjacent to an activating group) is 1. The van der Waals surface area contributed by atoms with Gasteiger partial charge in [0.1, 0.15) is 5.54 Å². The minimum atomic E-state index is -0.721. The Morgan fingerprint density at radius 2 is 2.05 bits per heavy atom. The molecule has 0 spiro atoms. The van der Waals surface area contributed by atoms with Gasteiger partial charge in [-0.15, -0.1) is 0 Å². The van der Waals surface area contributed by atoms with Gasteiger partial charge in [-0.25, -0.2) is 10.4 Å². The minimum Gasteiger partial charge on any atom is -0.264 e. The van der Waals surface area contributed by atoms with Crippen molar-refractivity contribution in [2.45, 2.75) is 50.7 Å². The minimum absolute atomic E-state index is 0.111. The van der Waals surface area contributed by atoms with Gasteiger partial charge in [0.2, 0.25) is 0 Å². The van der Waals surface area contributed by atoms with E-state index in [1.54, 1.807) is 12.1 Å². The van der Waals surface area contributed by atoms with Crippen LogP contribution in [0.4, 0.5) is 0 Å². The average molecular weight is 312 g/mol. The second-order valence-electron chi connectivity index (χ2n) is 5.87. The molecule has 0 unspecified atom stereocenters. The van der Waals surface area contributed by atoms with Crippen molar-refractivity contribution >= 4 is 11.6 Å². The number of rotatable bonds is 5. The summed E-state index contributed by atoms with van der Waals surface area (Å²) in [5, 5.41) is 14.2. The van der Waals surface area contributed by atoms with E-state index >= 15 is 0 Å². The molecule has 1 N–H and O–H groups in total. The number of nitrogens with one attached hydrogen (secondary N) is 1. The third-order valence-electron chi connectivity index (χ3n) is 4.39. The maximum atomic E-state index is 11.7. The predicted octanol–water partition coefficient (Wildman–Crippen LogP) is 3.21. The van der Waals surface area contributed by atoms with Gasteiger partial charge in [0.15, 0.2) is 0 Å². The van der Waals surface area contributed by atoms with E-state index in [1.807, 2.05) is 31.1 Å². The molecule has 1 fully saturated rings. The first-order valence-corrected chi connectivity index (χ1v) is 7.68. The van der Waals surface area contributed by atoms with Crippen LogP contribution in [-0.2, 0) is 5.54 Å². The summed E-state index contributed by atoms with van der Waals surface area (Å²) >= 11 is 5.92. The van der Waals surface area contributed by atoms with Crippen LogP contribution in [0.1, 0.15) is 38.7 Å². The number of nitrogens with zero attached hydrogens (tertiary/aromatic N) is 2. The van der Waals surface area contributed by atoms with Crippen LogP contribution in [0.5, 0.6) is 0 Å². The first-order chi connectivity index (χ1) is 9.90. The summed E-state index contributed by atoms with van der Waals surface area (Å²) in [6, 6.07) is 6.49. The Kier molecular flexibility index (Phi) is 4.86. The molecular formula is C15H22ClN3O2. The number of unbranched alkanes of at least 4 members (excludes halogenated alkanes) is 1. The Balaban J connectivity index is 2.37. The van der Waals surface area contributed by atoms with Gasteiger partial charge in [-0.1, -0.05) is 43.5 Å². The second-order valence-corrected chi connectivity index (χ2v) is 6.31. The molecule has 0 bridgehead atoms. The quantitative estimate of drug-likeness (QED) is 0.670. The Bertz CT molecular complexity index is 508. The highest BCUT2D eigenvalue weighted by atomic mass is 35.5. The van der Waals surface area contributed by atoms with E-state index in [4.69, 9.17) is 11.6 Å². The Labute approximate surface area is 130 Å². The van der Waals surface area contributed by atoms with Gasteiger partial charge < -0.3 is 0 Å². The fourth-order valence-corrected chi connectivity index (χ4v) is 3.39. The third kappa shape index (κ3) is 3.05. The molecule has 1 saturated heterocycles. The molecule has 1 aromatic rings. The molecule has 0 radical (unpaired) electrons. The number of hydrazine groups is 1. The number of halogens is 1. The summed E-state index contributed by atoms with van der Waals surface area (Å²) < 4.78 is 0. The molecule has 0 aliphatic carbocycles. The molecule has 1 aliphatic heterocycles. The van der Waals surface area contributed by atoms with Gasteiger partial charge in [0.05, 0.1) is 6.04 Å².